The molecule has 1 aromatic carbocycles. The number of rotatable bonds is 3. The maximum atomic E-state index is 12.2. The molecule has 3 N–H and O–H groups in total. The third kappa shape index (κ3) is 3.11. The van der Waals surface area contributed by atoms with Crippen molar-refractivity contribution in [3.8, 4) is 0 Å². The van der Waals surface area contributed by atoms with E-state index in [0.717, 1.165) is 0 Å². The maximum absolute atomic E-state index is 12.2. The van der Waals surface area contributed by atoms with Crippen LogP contribution in [0.4, 0.5) is 17.3 Å². The summed E-state index contributed by atoms with van der Waals surface area (Å²) in [4.78, 5) is 30.6. The largest absolute Gasteiger partial charge is 0.393 e. The van der Waals surface area contributed by atoms with Crippen LogP contribution in [0.2, 0.25) is 0 Å². The first kappa shape index (κ1) is 14.4. The van der Waals surface area contributed by atoms with E-state index in [0.29, 0.717) is 11.4 Å². The third-order valence-electron chi connectivity index (χ3n) is 2.70. The number of nitro groups is 1. The van der Waals surface area contributed by atoms with Crippen molar-refractivity contribution in [1.82, 2.24) is 9.97 Å². The average Bonchev–Trinajstić information content (AvgIpc) is 2.36. The highest BCUT2D eigenvalue weighted by Gasteiger charge is 2.23. The first-order chi connectivity index (χ1) is 9.88. The van der Waals surface area contributed by atoms with E-state index < -0.39 is 16.5 Å². The summed E-state index contributed by atoms with van der Waals surface area (Å²) >= 11 is 0. The van der Waals surface area contributed by atoms with Gasteiger partial charge in [0.2, 0.25) is 5.95 Å². The van der Waals surface area contributed by atoms with Crippen molar-refractivity contribution in [1.29, 1.82) is 0 Å². The summed E-state index contributed by atoms with van der Waals surface area (Å²) in [6, 6.07) is 5.91. The molecule has 1 heterocycles. The molecule has 0 aliphatic rings. The zero-order valence-electron chi connectivity index (χ0n) is 11.5. The fourth-order valence-corrected chi connectivity index (χ4v) is 1.90. The first-order valence-corrected chi connectivity index (χ1v) is 6.05. The van der Waals surface area contributed by atoms with Crippen molar-refractivity contribution in [3.05, 3.63) is 51.3 Å². The molecule has 0 fully saturated rings. The lowest BCUT2D eigenvalue weighted by molar-refractivity contribution is -0.384. The van der Waals surface area contributed by atoms with Gasteiger partial charge in [0.1, 0.15) is 11.3 Å². The Morgan fingerprint density at radius 3 is 2.48 bits per heavy atom. The van der Waals surface area contributed by atoms with E-state index in [9.17, 15) is 14.9 Å². The Hall–Kier alpha value is -3.03. The number of aryl methyl sites for hydroxylation is 2. The van der Waals surface area contributed by atoms with Gasteiger partial charge in [-0.3, -0.25) is 20.2 Å². The fraction of sp³-hybridized carbons (Fsp3) is 0.154. The quantitative estimate of drug-likeness (QED) is 0.504. The molecule has 8 heteroatoms. The van der Waals surface area contributed by atoms with Gasteiger partial charge in [-0.15, -0.1) is 0 Å². The number of nitrogens with zero attached hydrogens (tertiary/aromatic N) is 3. The van der Waals surface area contributed by atoms with E-state index in [1.165, 1.54) is 18.2 Å². The van der Waals surface area contributed by atoms with Crippen LogP contribution in [0.3, 0.4) is 0 Å². The summed E-state index contributed by atoms with van der Waals surface area (Å²) in [5.41, 5.74) is 6.27. The zero-order valence-corrected chi connectivity index (χ0v) is 11.5. The van der Waals surface area contributed by atoms with Crippen molar-refractivity contribution in [2.75, 3.05) is 11.1 Å². The second-order valence-corrected chi connectivity index (χ2v) is 4.43. The van der Waals surface area contributed by atoms with Gasteiger partial charge < -0.3 is 5.73 Å². The molecule has 2 aromatic rings. The average molecular weight is 287 g/mol. The van der Waals surface area contributed by atoms with Crippen LogP contribution in [-0.4, -0.2) is 20.8 Å². The van der Waals surface area contributed by atoms with Gasteiger partial charge in [0.25, 0.3) is 5.91 Å². The monoisotopic (exact) mass is 287 g/mol. The van der Waals surface area contributed by atoms with Gasteiger partial charge in [0.15, 0.2) is 0 Å². The SMILES string of the molecule is Cc1cc(C)nc(NC(=O)c2cccc(N)c2[N+](=O)[O-])n1. The summed E-state index contributed by atoms with van der Waals surface area (Å²) in [7, 11) is 0. The van der Waals surface area contributed by atoms with E-state index >= 15 is 0 Å². The van der Waals surface area contributed by atoms with Gasteiger partial charge >= 0.3 is 5.69 Å². The van der Waals surface area contributed by atoms with Crippen LogP contribution >= 0.6 is 0 Å². The van der Waals surface area contributed by atoms with Crippen molar-refractivity contribution in [2.45, 2.75) is 13.8 Å². The molecule has 2 rings (SSSR count). The van der Waals surface area contributed by atoms with Crippen LogP contribution in [0.25, 0.3) is 0 Å². The second kappa shape index (κ2) is 5.53. The topological polar surface area (TPSA) is 124 Å². The molecule has 0 radical (unpaired) electrons. The summed E-state index contributed by atoms with van der Waals surface area (Å²) in [6.07, 6.45) is 0. The molecule has 0 spiro atoms. The summed E-state index contributed by atoms with van der Waals surface area (Å²) in [5, 5.41) is 13.5. The van der Waals surface area contributed by atoms with Crippen molar-refractivity contribution < 1.29 is 9.72 Å². The van der Waals surface area contributed by atoms with E-state index in [2.05, 4.69) is 15.3 Å². The Morgan fingerprint density at radius 1 is 1.29 bits per heavy atom. The predicted octanol–water partition coefficient (Wildman–Crippen LogP) is 1.84. The molecule has 21 heavy (non-hydrogen) atoms. The minimum absolute atomic E-state index is 0.0750. The molecular formula is C13H13N5O3. The molecule has 1 amide bonds. The number of carbonyl (C=O) groups excluding carboxylic acids is 1. The lowest BCUT2D eigenvalue weighted by Crippen LogP contribution is -2.17. The molecule has 0 aliphatic carbocycles. The number of anilines is 2. The number of nitrogens with one attached hydrogen (secondary N) is 1. The van der Waals surface area contributed by atoms with E-state index in [1.807, 2.05) is 0 Å². The zero-order chi connectivity index (χ0) is 15.6. The van der Waals surface area contributed by atoms with Crippen LogP contribution in [0.15, 0.2) is 24.3 Å². The van der Waals surface area contributed by atoms with E-state index in [1.54, 1.807) is 19.9 Å². The maximum Gasteiger partial charge on any atom is 0.304 e. The Labute approximate surface area is 120 Å². The van der Waals surface area contributed by atoms with E-state index in [-0.39, 0.29) is 17.2 Å². The first-order valence-electron chi connectivity index (χ1n) is 6.05. The van der Waals surface area contributed by atoms with Crippen LogP contribution in [0, 0.1) is 24.0 Å². The summed E-state index contributed by atoms with van der Waals surface area (Å²) < 4.78 is 0. The third-order valence-corrected chi connectivity index (χ3v) is 2.70. The molecule has 0 saturated heterocycles. The smallest absolute Gasteiger partial charge is 0.304 e. The standard InChI is InChI=1S/C13H13N5O3/c1-7-6-8(2)16-13(15-7)17-12(19)9-4-3-5-10(14)11(9)18(20)21/h3-6H,14H2,1-2H3,(H,15,16,17,19). The Bertz CT molecular complexity index is 709. The molecule has 8 nitrogen and oxygen atoms in total. The molecule has 108 valence electrons. The predicted molar refractivity (Wildman–Crippen MR) is 77.0 cm³/mol. The molecule has 0 atom stereocenters. The normalized spacial score (nSPS) is 10.2. The molecule has 0 bridgehead atoms. The summed E-state index contributed by atoms with van der Waals surface area (Å²) in [6.45, 7) is 3.51. The molecule has 0 saturated carbocycles. The van der Waals surface area contributed by atoms with Crippen LogP contribution in [0.1, 0.15) is 21.7 Å². The van der Waals surface area contributed by atoms with Crippen molar-refractivity contribution in [2.24, 2.45) is 0 Å². The number of hydrogen-bond donors (Lipinski definition) is 2. The number of nitrogens with two attached hydrogens (primary N) is 1. The fourth-order valence-electron chi connectivity index (χ4n) is 1.90. The number of hydrogen-bond acceptors (Lipinski definition) is 6. The summed E-state index contributed by atoms with van der Waals surface area (Å²) in [5.74, 6) is -0.590. The Balaban J connectivity index is 2.37. The number of carbonyl (C=O) groups is 1. The molecular weight excluding hydrogens is 274 g/mol. The van der Waals surface area contributed by atoms with Crippen molar-refractivity contribution in [3.63, 3.8) is 0 Å². The number of amides is 1. The van der Waals surface area contributed by atoms with Gasteiger partial charge in [0.05, 0.1) is 4.92 Å². The minimum Gasteiger partial charge on any atom is -0.393 e. The highest BCUT2D eigenvalue weighted by molar-refractivity contribution is 6.07. The van der Waals surface area contributed by atoms with Crippen LogP contribution in [0.5, 0.6) is 0 Å². The number of nitrogen functional groups attached to an aromatic ring is 1. The molecule has 0 aliphatic heterocycles. The number of para-hydroxylation sites is 1. The van der Waals surface area contributed by atoms with Gasteiger partial charge in [0, 0.05) is 11.4 Å². The Morgan fingerprint density at radius 2 is 1.90 bits per heavy atom. The highest BCUT2D eigenvalue weighted by Crippen LogP contribution is 2.26. The van der Waals surface area contributed by atoms with Crippen molar-refractivity contribution >= 4 is 23.2 Å². The number of benzene rings is 1. The Kier molecular flexibility index (Phi) is 3.79. The van der Waals surface area contributed by atoms with Gasteiger partial charge in [-0.2, -0.15) is 0 Å². The minimum atomic E-state index is -0.688. The second-order valence-electron chi connectivity index (χ2n) is 4.43. The van der Waals surface area contributed by atoms with Gasteiger partial charge in [-0.25, -0.2) is 9.97 Å². The lowest BCUT2D eigenvalue weighted by atomic mass is 10.1. The number of nitro benzene ring substituents is 1. The molecule has 1 aromatic heterocycles. The van der Waals surface area contributed by atoms with Gasteiger partial charge in [-0.1, -0.05) is 6.07 Å². The van der Waals surface area contributed by atoms with Crippen LogP contribution in [-0.2, 0) is 0 Å². The molecule has 0 unspecified atom stereocenters. The van der Waals surface area contributed by atoms with Gasteiger partial charge in [-0.05, 0) is 32.0 Å². The number of aromatic nitrogens is 2. The highest BCUT2D eigenvalue weighted by atomic mass is 16.6. The van der Waals surface area contributed by atoms with Crippen LogP contribution < -0.4 is 11.1 Å². The van der Waals surface area contributed by atoms with E-state index in [4.69, 9.17) is 5.73 Å². The lowest BCUT2D eigenvalue weighted by Gasteiger charge is -2.07.